The van der Waals surface area contributed by atoms with Crippen molar-refractivity contribution in [3.05, 3.63) is 59.4 Å². The molecule has 0 radical (unpaired) electrons. The van der Waals surface area contributed by atoms with Crippen LogP contribution in [0, 0.1) is 0 Å². The number of hydrazine groups is 1. The summed E-state index contributed by atoms with van der Waals surface area (Å²) in [6.45, 7) is 0.692. The highest BCUT2D eigenvalue weighted by Crippen LogP contribution is 2.36. The summed E-state index contributed by atoms with van der Waals surface area (Å²) in [5.74, 6) is 6.49. The average molecular weight is 285 g/mol. The Labute approximate surface area is 124 Å². The smallest absolute Gasteiger partial charge is 0.137 e. The molecule has 110 valence electrons. The Morgan fingerprint density at radius 2 is 2.24 bits per heavy atom. The summed E-state index contributed by atoms with van der Waals surface area (Å²) in [4.78, 5) is 4.20. The fourth-order valence-corrected chi connectivity index (χ4v) is 2.78. The summed E-state index contributed by atoms with van der Waals surface area (Å²) in [6, 6.07) is 10.1. The fourth-order valence-electron chi connectivity index (χ4n) is 2.78. The van der Waals surface area contributed by atoms with Gasteiger partial charge in [0.25, 0.3) is 0 Å². The normalized spacial score (nSPS) is 18.9. The van der Waals surface area contributed by atoms with E-state index in [0.717, 1.165) is 12.0 Å². The number of fused-ring (bicyclic) bond motifs is 1. The second kappa shape index (κ2) is 6.22. The first-order valence-electron chi connectivity index (χ1n) is 6.98. The van der Waals surface area contributed by atoms with E-state index in [-0.39, 0.29) is 12.1 Å². The van der Waals surface area contributed by atoms with Crippen molar-refractivity contribution in [3.8, 4) is 5.75 Å². The van der Waals surface area contributed by atoms with Gasteiger partial charge >= 0.3 is 0 Å². The highest BCUT2D eigenvalue weighted by molar-refractivity contribution is 5.35. The molecular weight excluding hydrogens is 266 g/mol. The minimum Gasteiger partial charge on any atom is -0.495 e. The van der Waals surface area contributed by atoms with E-state index >= 15 is 0 Å². The van der Waals surface area contributed by atoms with Crippen LogP contribution in [0.15, 0.2) is 42.7 Å². The second-order valence-electron chi connectivity index (χ2n) is 5.04. The number of benzene rings is 1. The van der Waals surface area contributed by atoms with Crippen molar-refractivity contribution in [3.63, 3.8) is 0 Å². The van der Waals surface area contributed by atoms with Gasteiger partial charge in [-0.05, 0) is 29.2 Å². The van der Waals surface area contributed by atoms with E-state index in [1.807, 2.05) is 12.1 Å². The highest BCUT2D eigenvalue weighted by Gasteiger charge is 2.29. The predicted molar refractivity (Wildman–Crippen MR) is 79.7 cm³/mol. The van der Waals surface area contributed by atoms with Crippen LogP contribution in [0.5, 0.6) is 5.75 Å². The van der Waals surface area contributed by atoms with Crippen LogP contribution < -0.4 is 16.0 Å². The van der Waals surface area contributed by atoms with Gasteiger partial charge in [-0.2, -0.15) is 0 Å². The van der Waals surface area contributed by atoms with Crippen molar-refractivity contribution in [2.45, 2.75) is 18.6 Å². The molecule has 0 spiro atoms. The molecule has 1 aliphatic rings. The van der Waals surface area contributed by atoms with Crippen LogP contribution in [0.4, 0.5) is 0 Å². The third-order valence-corrected chi connectivity index (χ3v) is 3.84. The van der Waals surface area contributed by atoms with Crippen LogP contribution in [0.3, 0.4) is 0 Å². The van der Waals surface area contributed by atoms with Crippen LogP contribution in [0.25, 0.3) is 0 Å². The molecule has 2 unspecified atom stereocenters. The summed E-state index contributed by atoms with van der Waals surface area (Å²) in [7, 11) is 1.62. The Balaban J connectivity index is 1.97. The van der Waals surface area contributed by atoms with E-state index in [1.54, 1.807) is 19.5 Å². The molecule has 0 amide bonds. The lowest BCUT2D eigenvalue weighted by atomic mass is 9.90. The topological polar surface area (TPSA) is 69.4 Å². The van der Waals surface area contributed by atoms with Gasteiger partial charge in [0.1, 0.15) is 11.9 Å². The predicted octanol–water partition coefficient (Wildman–Crippen LogP) is 1.91. The number of rotatable bonds is 4. The summed E-state index contributed by atoms with van der Waals surface area (Å²) >= 11 is 0. The van der Waals surface area contributed by atoms with E-state index in [2.05, 4.69) is 28.6 Å². The molecule has 1 aliphatic heterocycles. The highest BCUT2D eigenvalue weighted by atomic mass is 16.5. The molecule has 2 heterocycles. The van der Waals surface area contributed by atoms with Gasteiger partial charge in [0.15, 0.2) is 0 Å². The van der Waals surface area contributed by atoms with Gasteiger partial charge in [-0.15, -0.1) is 0 Å². The van der Waals surface area contributed by atoms with Crippen LogP contribution >= 0.6 is 0 Å². The van der Waals surface area contributed by atoms with Crippen LogP contribution in [-0.2, 0) is 11.2 Å². The third-order valence-electron chi connectivity index (χ3n) is 3.84. The monoisotopic (exact) mass is 285 g/mol. The number of methoxy groups -OCH3 is 1. The van der Waals surface area contributed by atoms with E-state index in [9.17, 15) is 0 Å². The number of ether oxygens (including phenoxy) is 2. The van der Waals surface area contributed by atoms with Crippen molar-refractivity contribution >= 4 is 0 Å². The SMILES string of the molecule is COc1cncc(C(NN)C2OCCc3ccccc32)c1. The zero-order valence-corrected chi connectivity index (χ0v) is 12.0. The summed E-state index contributed by atoms with van der Waals surface area (Å²) in [5, 5.41) is 0. The number of nitrogens with one attached hydrogen (secondary N) is 1. The molecule has 3 rings (SSSR count). The molecule has 0 saturated carbocycles. The van der Waals surface area contributed by atoms with Crippen molar-refractivity contribution in [1.29, 1.82) is 0 Å². The molecular formula is C16H19N3O2. The molecule has 5 nitrogen and oxygen atoms in total. The Bertz CT molecular complexity index is 618. The second-order valence-corrected chi connectivity index (χ2v) is 5.04. The zero-order valence-electron chi connectivity index (χ0n) is 12.0. The number of aromatic nitrogens is 1. The van der Waals surface area contributed by atoms with Crippen LogP contribution in [0.2, 0.25) is 0 Å². The Hall–Kier alpha value is -1.95. The zero-order chi connectivity index (χ0) is 14.7. The van der Waals surface area contributed by atoms with Gasteiger partial charge in [0.2, 0.25) is 0 Å². The minimum atomic E-state index is -0.172. The molecule has 2 aromatic rings. The lowest BCUT2D eigenvalue weighted by Gasteiger charge is -2.32. The quantitative estimate of drug-likeness (QED) is 0.663. The van der Waals surface area contributed by atoms with Crippen molar-refractivity contribution in [1.82, 2.24) is 10.4 Å². The number of nitrogens with two attached hydrogens (primary N) is 1. The van der Waals surface area contributed by atoms with Gasteiger partial charge in [0.05, 0.1) is 26.0 Å². The summed E-state index contributed by atoms with van der Waals surface area (Å²) < 4.78 is 11.2. The number of hydrogen-bond donors (Lipinski definition) is 2. The lowest BCUT2D eigenvalue weighted by Crippen LogP contribution is -2.35. The van der Waals surface area contributed by atoms with Gasteiger partial charge in [-0.25, -0.2) is 5.43 Å². The number of pyridine rings is 1. The molecule has 3 N–H and O–H groups in total. The summed E-state index contributed by atoms with van der Waals surface area (Å²) in [5.41, 5.74) is 6.29. The molecule has 2 atom stereocenters. The maximum atomic E-state index is 5.97. The van der Waals surface area contributed by atoms with E-state index < -0.39 is 0 Å². The fraction of sp³-hybridized carbons (Fsp3) is 0.312. The molecule has 0 saturated heterocycles. The van der Waals surface area contributed by atoms with Gasteiger partial charge in [-0.3, -0.25) is 10.8 Å². The molecule has 5 heteroatoms. The third kappa shape index (κ3) is 2.76. The Morgan fingerprint density at radius 1 is 1.38 bits per heavy atom. The molecule has 21 heavy (non-hydrogen) atoms. The van der Waals surface area contributed by atoms with Crippen LogP contribution in [0.1, 0.15) is 28.8 Å². The number of nitrogens with zero attached hydrogens (tertiary/aromatic N) is 1. The molecule has 0 bridgehead atoms. The van der Waals surface area contributed by atoms with E-state index in [1.165, 1.54) is 11.1 Å². The molecule has 0 fully saturated rings. The van der Waals surface area contributed by atoms with Gasteiger partial charge in [0, 0.05) is 6.20 Å². The summed E-state index contributed by atoms with van der Waals surface area (Å²) in [6.07, 6.45) is 4.26. The Morgan fingerprint density at radius 3 is 3.05 bits per heavy atom. The van der Waals surface area contributed by atoms with Gasteiger partial charge in [-0.1, -0.05) is 24.3 Å². The van der Waals surface area contributed by atoms with Crippen molar-refractivity contribution in [2.75, 3.05) is 13.7 Å². The molecule has 1 aromatic carbocycles. The van der Waals surface area contributed by atoms with E-state index in [4.69, 9.17) is 15.3 Å². The first kappa shape index (κ1) is 14.0. The standard InChI is InChI=1S/C16H19N3O2/c1-20-13-8-12(9-18-10-13)15(19-17)16-14-5-3-2-4-11(14)6-7-21-16/h2-5,8-10,15-16,19H,6-7,17H2,1H3. The van der Waals surface area contributed by atoms with Crippen molar-refractivity contribution < 1.29 is 9.47 Å². The maximum absolute atomic E-state index is 5.97. The first-order valence-corrected chi connectivity index (χ1v) is 6.98. The van der Waals surface area contributed by atoms with Crippen LogP contribution in [-0.4, -0.2) is 18.7 Å². The average Bonchev–Trinajstić information content (AvgIpc) is 2.56. The first-order chi connectivity index (χ1) is 10.3. The number of hydrogen-bond acceptors (Lipinski definition) is 5. The largest absolute Gasteiger partial charge is 0.495 e. The van der Waals surface area contributed by atoms with Crippen molar-refractivity contribution in [2.24, 2.45) is 5.84 Å². The Kier molecular flexibility index (Phi) is 4.15. The maximum Gasteiger partial charge on any atom is 0.137 e. The van der Waals surface area contributed by atoms with E-state index in [0.29, 0.717) is 12.4 Å². The molecule has 1 aromatic heterocycles. The van der Waals surface area contributed by atoms with Gasteiger partial charge < -0.3 is 9.47 Å². The minimum absolute atomic E-state index is 0.131. The molecule has 0 aliphatic carbocycles. The lowest BCUT2D eigenvalue weighted by molar-refractivity contribution is 0.0146.